The molecule has 0 aliphatic carbocycles. The lowest BCUT2D eigenvalue weighted by Crippen LogP contribution is -2.44. The van der Waals surface area contributed by atoms with E-state index in [9.17, 15) is 0 Å². The third-order valence-corrected chi connectivity index (χ3v) is 3.89. The Morgan fingerprint density at radius 2 is 2.16 bits per heavy atom. The zero-order valence-electron chi connectivity index (χ0n) is 11.5. The first-order chi connectivity index (χ1) is 9.36. The molecule has 1 saturated heterocycles. The van der Waals surface area contributed by atoms with E-state index in [1.54, 1.807) is 0 Å². The van der Waals surface area contributed by atoms with E-state index in [0.29, 0.717) is 0 Å². The molecular weight excluding hydrogens is 238 g/mol. The summed E-state index contributed by atoms with van der Waals surface area (Å²) < 4.78 is 5.41. The normalized spacial score (nSPS) is 17.1. The summed E-state index contributed by atoms with van der Waals surface area (Å²) in [5.41, 5.74) is 3.36. The highest BCUT2D eigenvalue weighted by Crippen LogP contribution is 2.21. The van der Waals surface area contributed by atoms with Gasteiger partial charge in [-0.2, -0.15) is 0 Å². The molecule has 1 aromatic carbocycles. The maximum Gasteiger partial charge on any atom is 0.167 e. The van der Waals surface area contributed by atoms with E-state index in [2.05, 4.69) is 34.4 Å². The number of nitrogens with zero attached hydrogens (tertiary/aromatic N) is 2. The summed E-state index contributed by atoms with van der Waals surface area (Å²) in [7, 11) is 0. The van der Waals surface area contributed by atoms with Crippen molar-refractivity contribution in [2.45, 2.75) is 19.8 Å². The van der Waals surface area contributed by atoms with Gasteiger partial charge in [0.05, 0.1) is 5.69 Å². The quantitative estimate of drug-likeness (QED) is 0.909. The van der Waals surface area contributed by atoms with Gasteiger partial charge in [-0.25, -0.2) is 0 Å². The van der Waals surface area contributed by atoms with Gasteiger partial charge in [0.2, 0.25) is 0 Å². The van der Waals surface area contributed by atoms with Gasteiger partial charge in [-0.3, -0.25) is 0 Å². The van der Waals surface area contributed by atoms with Crippen molar-refractivity contribution in [2.24, 2.45) is 0 Å². The molecule has 2 aromatic rings. The van der Waals surface area contributed by atoms with Gasteiger partial charge in [0.25, 0.3) is 0 Å². The number of benzene rings is 1. The first-order valence-corrected chi connectivity index (χ1v) is 7.17. The zero-order chi connectivity index (χ0) is 13.1. The van der Waals surface area contributed by atoms with Gasteiger partial charge < -0.3 is 14.7 Å². The number of aromatic nitrogens is 1. The summed E-state index contributed by atoms with van der Waals surface area (Å²) in [5.74, 6) is 0. The lowest BCUT2D eigenvalue weighted by molar-refractivity contribution is 0.242. The predicted molar refractivity (Wildman–Crippen MR) is 76.4 cm³/mol. The monoisotopic (exact) mass is 259 g/mol. The Kier molecular flexibility index (Phi) is 3.80. The number of rotatable bonds is 4. The molecule has 2 heterocycles. The second-order valence-electron chi connectivity index (χ2n) is 5.15. The van der Waals surface area contributed by atoms with Crippen LogP contribution in [-0.4, -0.2) is 42.8 Å². The van der Waals surface area contributed by atoms with Crippen LogP contribution in [0.3, 0.4) is 0 Å². The fourth-order valence-corrected chi connectivity index (χ4v) is 2.63. The standard InChI is InChI=1S/C15H21N3O/c1-2-12-3-4-15-13(11-12)14(17-19-15)5-8-18-9-6-16-7-10-18/h3-4,11,16H,2,5-10H2,1H3. The Balaban J connectivity index is 1.72. The minimum atomic E-state index is 0.910. The van der Waals surface area contributed by atoms with Crippen LogP contribution >= 0.6 is 0 Å². The summed E-state index contributed by atoms with van der Waals surface area (Å²) in [6, 6.07) is 6.38. The first-order valence-electron chi connectivity index (χ1n) is 7.17. The summed E-state index contributed by atoms with van der Waals surface area (Å²) in [5, 5.41) is 8.80. The van der Waals surface area contributed by atoms with E-state index >= 15 is 0 Å². The zero-order valence-corrected chi connectivity index (χ0v) is 11.5. The minimum absolute atomic E-state index is 0.910. The van der Waals surface area contributed by atoms with E-state index in [1.165, 1.54) is 10.9 Å². The second kappa shape index (κ2) is 5.72. The van der Waals surface area contributed by atoms with Gasteiger partial charge >= 0.3 is 0 Å². The SMILES string of the molecule is CCc1ccc2onc(CCN3CCNCC3)c2c1. The predicted octanol–water partition coefficient (Wildman–Crippen LogP) is 1.84. The van der Waals surface area contributed by atoms with Crippen LogP contribution in [0.1, 0.15) is 18.2 Å². The Labute approximate surface area is 113 Å². The molecule has 102 valence electrons. The lowest BCUT2D eigenvalue weighted by Gasteiger charge is -2.26. The summed E-state index contributed by atoms with van der Waals surface area (Å²) in [6.07, 6.45) is 2.03. The highest BCUT2D eigenvalue weighted by molar-refractivity contribution is 5.80. The number of piperazine rings is 1. The van der Waals surface area contributed by atoms with E-state index in [-0.39, 0.29) is 0 Å². The molecule has 0 unspecified atom stereocenters. The molecule has 19 heavy (non-hydrogen) atoms. The molecule has 0 bridgehead atoms. The molecule has 1 aliphatic heterocycles. The fraction of sp³-hybridized carbons (Fsp3) is 0.533. The second-order valence-corrected chi connectivity index (χ2v) is 5.15. The molecule has 1 fully saturated rings. The minimum Gasteiger partial charge on any atom is -0.356 e. The average molecular weight is 259 g/mol. The summed E-state index contributed by atoms with van der Waals surface area (Å²) >= 11 is 0. The topological polar surface area (TPSA) is 41.3 Å². The molecule has 1 N–H and O–H groups in total. The molecule has 4 heteroatoms. The molecule has 1 aromatic heterocycles. The van der Waals surface area contributed by atoms with E-state index < -0.39 is 0 Å². The van der Waals surface area contributed by atoms with Gasteiger partial charge in [-0.15, -0.1) is 0 Å². The van der Waals surface area contributed by atoms with Crippen molar-refractivity contribution >= 4 is 11.0 Å². The molecule has 0 spiro atoms. The van der Waals surface area contributed by atoms with E-state index in [1.807, 2.05) is 6.07 Å². The number of aryl methyl sites for hydroxylation is 1. The Morgan fingerprint density at radius 3 is 2.95 bits per heavy atom. The van der Waals surface area contributed by atoms with Gasteiger partial charge in [0.15, 0.2) is 5.58 Å². The number of fused-ring (bicyclic) bond motifs is 1. The van der Waals surface area contributed by atoms with Crippen molar-refractivity contribution in [3.8, 4) is 0 Å². The highest BCUT2D eigenvalue weighted by atomic mass is 16.5. The van der Waals surface area contributed by atoms with Crippen LogP contribution in [0.4, 0.5) is 0 Å². The van der Waals surface area contributed by atoms with Crippen molar-refractivity contribution in [2.75, 3.05) is 32.7 Å². The molecule has 3 rings (SSSR count). The number of hydrogen-bond acceptors (Lipinski definition) is 4. The van der Waals surface area contributed by atoms with Crippen molar-refractivity contribution < 1.29 is 4.52 Å². The Morgan fingerprint density at radius 1 is 1.32 bits per heavy atom. The molecule has 4 nitrogen and oxygen atoms in total. The molecule has 0 amide bonds. The van der Waals surface area contributed by atoms with Crippen molar-refractivity contribution in [1.82, 2.24) is 15.4 Å². The van der Waals surface area contributed by atoms with Gasteiger partial charge in [0.1, 0.15) is 0 Å². The van der Waals surface area contributed by atoms with Crippen LogP contribution in [-0.2, 0) is 12.8 Å². The van der Waals surface area contributed by atoms with Crippen molar-refractivity contribution in [3.63, 3.8) is 0 Å². The van der Waals surface area contributed by atoms with Gasteiger partial charge in [-0.1, -0.05) is 18.1 Å². The fourth-order valence-electron chi connectivity index (χ4n) is 2.63. The highest BCUT2D eigenvalue weighted by Gasteiger charge is 2.13. The van der Waals surface area contributed by atoms with Crippen LogP contribution < -0.4 is 5.32 Å². The smallest absolute Gasteiger partial charge is 0.167 e. The van der Waals surface area contributed by atoms with Gasteiger partial charge in [-0.05, 0) is 24.1 Å². The molecule has 0 saturated carbocycles. The van der Waals surface area contributed by atoms with Crippen LogP contribution in [0.2, 0.25) is 0 Å². The van der Waals surface area contributed by atoms with Crippen LogP contribution in [0.25, 0.3) is 11.0 Å². The lowest BCUT2D eigenvalue weighted by atomic mass is 10.1. The van der Waals surface area contributed by atoms with E-state index in [4.69, 9.17) is 4.52 Å². The Hall–Kier alpha value is -1.39. The largest absolute Gasteiger partial charge is 0.356 e. The third kappa shape index (κ3) is 2.80. The molecule has 1 aliphatic rings. The third-order valence-electron chi connectivity index (χ3n) is 3.89. The molecular formula is C15H21N3O. The van der Waals surface area contributed by atoms with E-state index in [0.717, 1.165) is 56.8 Å². The Bertz CT molecular complexity index is 543. The van der Waals surface area contributed by atoms with Gasteiger partial charge in [0, 0.05) is 44.5 Å². The maximum absolute atomic E-state index is 5.41. The first kappa shape index (κ1) is 12.6. The number of nitrogens with one attached hydrogen (secondary N) is 1. The van der Waals surface area contributed by atoms with Crippen molar-refractivity contribution in [1.29, 1.82) is 0 Å². The molecule has 0 radical (unpaired) electrons. The summed E-state index contributed by atoms with van der Waals surface area (Å²) in [4.78, 5) is 2.49. The van der Waals surface area contributed by atoms with Crippen LogP contribution in [0.15, 0.2) is 22.7 Å². The van der Waals surface area contributed by atoms with Crippen LogP contribution in [0, 0.1) is 0 Å². The average Bonchev–Trinajstić information content (AvgIpc) is 2.88. The number of hydrogen-bond donors (Lipinski definition) is 1. The van der Waals surface area contributed by atoms with Crippen molar-refractivity contribution in [3.05, 3.63) is 29.5 Å². The summed E-state index contributed by atoms with van der Waals surface area (Å²) in [6.45, 7) is 7.71. The molecule has 0 atom stereocenters. The maximum atomic E-state index is 5.41. The van der Waals surface area contributed by atoms with Crippen LogP contribution in [0.5, 0.6) is 0 Å².